The molecule has 3 heteroatoms. The molecule has 0 saturated carbocycles. The van der Waals surface area contributed by atoms with Gasteiger partial charge in [-0.2, -0.15) is 0 Å². The Labute approximate surface area is 74.4 Å². The molecule has 0 aromatic carbocycles. The third-order valence-electron chi connectivity index (χ3n) is 1.72. The van der Waals surface area contributed by atoms with Crippen LogP contribution in [-0.2, 0) is 4.79 Å². The van der Waals surface area contributed by atoms with Gasteiger partial charge in [-0.3, -0.25) is 4.79 Å². The molecule has 1 amide bonds. The van der Waals surface area contributed by atoms with Crippen molar-refractivity contribution < 1.29 is 9.90 Å². The average Bonchev–Trinajstić information content (AvgIpc) is 1.97. The molecule has 72 valence electrons. The maximum absolute atomic E-state index is 11.3. The topological polar surface area (TPSA) is 40.5 Å². The summed E-state index contributed by atoms with van der Waals surface area (Å²) in [6.07, 6.45) is 2.04. The summed E-state index contributed by atoms with van der Waals surface area (Å²) in [4.78, 5) is 12.9. The van der Waals surface area contributed by atoms with Crippen molar-refractivity contribution in [2.75, 3.05) is 13.6 Å². The standard InChI is InChI=1S/C9H19NO2/c1-5-6-7-10(4)8(11)9(2,3)12/h12H,5-7H2,1-4H3. The van der Waals surface area contributed by atoms with Gasteiger partial charge in [0, 0.05) is 13.6 Å². The monoisotopic (exact) mass is 173 g/mol. The summed E-state index contributed by atoms with van der Waals surface area (Å²) in [5.41, 5.74) is -1.23. The lowest BCUT2D eigenvalue weighted by Crippen LogP contribution is -2.43. The van der Waals surface area contributed by atoms with E-state index in [1.807, 2.05) is 0 Å². The number of hydrogen-bond acceptors (Lipinski definition) is 2. The Hall–Kier alpha value is -0.570. The van der Waals surface area contributed by atoms with Gasteiger partial charge < -0.3 is 10.0 Å². The van der Waals surface area contributed by atoms with Gasteiger partial charge in [0.05, 0.1) is 0 Å². The smallest absolute Gasteiger partial charge is 0.253 e. The van der Waals surface area contributed by atoms with Gasteiger partial charge in [-0.25, -0.2) is 0 Å². The Bertz CT molecular complexity index is 149. The molecule has 3 nitrogen and oxygen atoms in total. The lowest BCUT2D eigenvalue weighted by molar-refractivity contribution is -0.146. The normalized spacial score (nSPS) is 11.4. The Kier molecular flexibility index (Phi) is 4.24. The van der Waals surface area contributed by atoms with Crippen molar-refractivity contribution in [2.45, 2.75) is 39.2 Å². The van der Waals surface area contributed by atoms with Crippen LogP contribution in [0.25, 0.3) is 0 Å². The maximum atomic E-state index is 11.3. The van der Waals surface area contributed by atoms with Gasteiger partial charge >= 0.3 is 0 Å². The van der Waals surface area contributed by atoms with Gasteiger partial charge in [0.15, 0.2) is 0 Å². The van der Waals surface area contributed by atoms with E-state index in [1.165, 1.54) is 13.8 Å². The van der Waals surface area contributed by atoms with Crippen molar-refractivity contribution in [3.8, 4) is 0 Å². The molecular weight excluding hydrogens is 154 g/mol. The summed E-state index contributed by atoms with van der Waals surface area (Å²) >= 11 is 0. The average molecular weight is 173 g/mol. The number of hydrogen-bond donors (Lipinski definition) is 1. The number of unbranched alkanes of at least 4 members (excludes halogenated alkanes) is 1. The van der Waals surface area contributed by atoms with Gasteiger partial charge in [0.2, 0.25) is 0 Å². The first-order valence-corrected chi connectivity index (χ1v) is 4.37. The Morgan fingerprint density at radius 1 is 1.50 bits per heavy atom. The van der Waals surface area contributed by atoms with Crippen molar-refractivity contribution in [2.24, 2.45) is 0 Å². The number of nitrogens with zero attached hydrogens (tertiary/aromatic N) is 1. The Balaban J connectivity index is 3.94. The van der Waals surface area contributed by atoms with E-state index in [4.69, 9.17) is 0 Å². The van der Waals surface area contributed by atoms with Crippen LogP contribution < -0.4 is 0 Å². The molecule has 1 N–H and O–H groups in total. The molecule has 0 aliphatic heterocycles. The van der Waals surface area contributed by atoms with Crippen molar-refractivity contribution in [3.63, 3.8) is 0 Å². The molecule has 0 heterocycles. The van der Waals surface area contributed by atoms with E-state index in [2.05, 4.69) is 6.92 Å². The third-order valence-corrected chi connectivity index (χ3v) is 1.72. The summed E-state index contributed by atoms with van der Waals surface area (Å²) < 4.78 is 0. The van der Waals surface area contributed by atoms with E-state index in [1.54, 1.807) is 11.9 Å². The quantitative estimate of drug-likeness (QED) is 0.689. The molecule has 0 spiro atoms. The zero-order chi connectivity index (χ0) is 9.78. The van der Waals surface area contributed by atoms with E-state index in [9.17, 15) is 9.90 Å². The first-order chi connectivity index (χ1) is 5.39. The first-order valence-electron chi connectivity index (χ1n) is 4.37. The largest absolute Gasteiger partial charge is 0.381 e. The number of carbonyl (C=O) groups is 1. The summed E-state index contributed by atoms with van der Waals surface area (Å²) in [6, 6.07) is 0. The van der Waals surface area contributed by atoms with Crippen LogP contribution in [0.3, 0.4) is 0 Å². The predicted molar refractivity (Wildman–Crippen MR) is 48.8 cm³/mol. The van der Waals surface area contributed by atoms with Gasteiger partial charge in [-0.1, -0.05) is 13.3 Å². The fraction of sp³-hybridized carbons (Fsp3) is 0.889. The number of amides is 1. The minimum absolute atomic E-state index is 0.212. The van der Waals surface area contributed by atoms with Crippen molar-refractivity contribution in [3.05, 3.63) is 0 Å². The fourth-order valence-electron chi connectivity index (χ4n) is 0.964. The van der Waals surface area contributed by atoms with E-state index < -0.39 is 5.60 Å². The summed E-state index contributed by atoms with van der Waals surface area (Å²) in [5.74, 6) is -0.212. The molecule has 0 atom stereocenters. The predicted octanol–water partition coefficient (Wildman–Crippen LogP) is 1.02. The molecule has 0 aliphatic rings. The number of rotatable bonds is 4. The lowest BCUT2D eigenvalue weighted by atomic mass is 10.1. The van der Waals surface area contributed by atoms with Crippen LogP contribution in [-0.4, -0.2) is 35.1 Å². The molecule has 0 fully saturated rings. The second kappa shape index (κ2) is 4.45. The first kappa shape index (κ1) is 11.4. The number of aliphatic hydroxyl groups is 1. The number of likely N-dealkylation sites (N-methyl/N-ethyl adjacent to an activating group) is 1. The SMILES string of the molecule is CCCCN(C)C(=O)C(C)(C)O. The second-order valence-electron chi connectivity index (χ2n) is 3.64. The van der Waals surface area contributed by atoms with Crippen LogP contribution in [0.1, 0.15) is 33.6 Å². The fourth-order valence-corrected chi connectivity index (χ4v) is 0.964. The number of carbonyl (C=O) groups excluding carboxylic acids is 1. The molecule has 0 rings (SSSR count). The lowest BCUT2D eigenvalue weighted by Gasteiger charge is -2.24. The zero-order valence-electron chi connectivity index (χ0n) is 8.42. The molecule has 0 aromatic rings. The van der Waals surface area contributed by atoms with Crippen LogP contribution in [0.4, 0.5) is 0 Å². The molecule has 0 unspecified atom stereocenters. The van der Waals surface area contributed by atoms with E-state index in [-0.39, 0.29) is 5.91 Å². The highest BCUT2D eigenvalue weighted by molar-refractivity contribution is 5.83. The van der Waals surface area contributed by atoms with Crippen molar-refractivity contribution in [1.82, 2.24) is 4.90 Å². The van der Waals surface area contributed by atoms with Crippen molar-refractivity contribution >= 4 is 5.91 Å². The van der Waals surface area contributed by atoms with Crippen LogP contribution >= 0.6 is 0 Å². The zero-order valence-corrected chi connectivity index (χ0v) is 8.42. The van der Waals surface area contributed by atoms with E-state index >= 15 is 0 Å². The summed E-state index contributed by atoms with van der Waals surface area (Å²) in [7, 11) is 1.72. The van der Waals surface area contributed by atoms with E-state index in [0.29, 0.717) is 0 Å². The summed E-state index contributed by atoms with van der Waals surface area (Å²) in [6.45, 7) is 5.82. The molecule has 0 aliphatic carbocycles. The van der Waals surface area contributed by atoms with Crippen LogP contribution in [0.5, 0.6) is 0 Å². The second-order valence-corrected chi connectivity index (χ2v) is 3.64. The maximum Gasteiger partial charge on any atom is 0.253 e. The molecule has 0 radical (unpaired) electrons. The minimum Gasteiger partial charge on any atom is -0.381 e. The molecule has 0 bridgehead atoms. The highest BCUT2D eigenvalue weighted by atomic mass is 16.3. The van der Waals surface area contributed by atoms with Crippen LogP contribution in [0.15, 0.2) is 0 Å². The minimum atomic E-state index is -1.23. The van der Waals surface area contributed by atoms with Crippen LogP contribution in [0.2, 0.25) is 0 Å². The van der Waals surface area contributed by atoms with Crippen molar-refractivity contribution in [1.29, 1.82) is 0 Å². The van der Waals surface area contributed by atoms with Gasteiger partial charge in [0.1, 0.15) is 5.60 Å². The molecular formula is C9H19NO2. The van der Waals surface area contributed by atoms with Gasteiger partial charge in [0.25, 0.3) is 5.91 Å². The van der Waals surface area contributed by atoms with E-state index in [0.717, 1.165) is 19.4 Å². The van der Waals surface area contributed by atoms with Gasteiger partial charge in [-0.15, -0.1) is 0 Å². The third kappa shape index (κ3) is 3.72. The highest BCUT2D eigenvalue weighted by Crippen LogP contribution is 2.06. The van der Waals surface area contributed by atoms with Crippen LogP contribution in [0, 0.1) is 0 Å². The Morgan fingerprint density at radius 2 is 2.00 bits per heavy atom. The molecule has 12 heavy (non-hydrogen) atoms. The molecule has 0 aromatic heterocycles. The van der Waals surface area contributed by atoms with Gasteiger partial charge in [-0.05, 0) is 20.3 Å². The Morgan fingerprint density at radius 3 is 2.33 bits per heavy atom. The highest BCUT2D eigenvalue weighted by Gasteiger charge is 2.26. The summed E-state index contributed by atoms with van der Waals surface area (Å²) in [5, 5.41) is 9.36. The molecule has 0 saturated heterocycles.